The Morgan fingerprint density at radius 2 is 1.82 bits per heavy atom. The molecule has 1 amide bonds. The van der Waals surface area contributed by atoms with Gasteiger partial charge in [-0.2, -0.15) is 0 Å². The van der Waals surface area contributed by atoms with Crippen LogP contribution in [0.3, 0.4) is 0 Å². The van der Waals surface area contributed by atoms with Gasteiger partial charge in [-0.1, -0.05) is 23.8 Å². The second kappa shape index (κ2) is 11.3. The number of amides is 1. The van der Waals surface area contributed by atoms with Crippen LogP contribution in [0.25, 0.3) is 0 Å². The molecule has 0 atom stereocenters. The third-order valence-electron chi connectivity index (χ3n) is 3.04. The van der Waals surface area contributed by atoms with Crippen LogP contribution < -0.4 is 16.0 Å². The number of halogens is 1. The van der Waals surface area contributed by atoms with E-state index in [1.54, 1.807) is 0 Å². The summed E-state index contributed by atoms with van der Waals surface area (Å²) in [5.74, 6) is 0.747. The van der Waals surface area contributed by atoms with Crippen molar-refractivity contribution in [2.45, 2.75) is 34.2 Å². The summed E-state index contributed by atoms with van der Waals surface area (Å²) >= 11 is 0. The first-order chi connectivity index (χ1) is 10.0. The fourth-order valence-electron chi connectivity index (χ4n) is 1.95. The molecule has 0 aliphatic carbocycles. The Balaban J connectivity index is 0.00000441. The highest BCUT2D eigenvalue weighted by molar-refractivity contribution is 14.0. The number of nitrogens with zero attached hydrogens (tertiary/aromatic N) is 1. The standard InChI is InChI=1S/C16H26N4O.HI/c1-5-17-16(19-9-8-18-14(4)21)20-11-15-7-6-12(2)10-13(15)3;/h6-7,10H,5,8-9,11H2,1-4H3,(H,18,21)(H2,17,19,20);1H. The van der Waals surface area contributed by atoms with Gasteiger partial charge < -0.3 is 16.0 Å². The fraction of sp³-hybridized carbons (Fsp3) is 0.500. The Morgan fingerprint density at radius 1 is 1.14 bits per heavy atom. The highest BCUT2D eigenvalue weighted by atomic mass is 127. The van der Waals surface area contributed by atoms with Crippen molar-refractivity contribution >= 4 is 35.8 Å². The quantitative estimate of drug-likeness (QED) is 0.287. The van der Waals surface area contributed by atoms with Crippen LogP contribution in [-0.4, -0.2) is 31.5 Å². The predicted octanol–water partition coefficient (Wildman–Crippen LogP) is 2.11. The van der Waals surface area contributed by atoms with E-state index in [1.807, 2.05) is 6.92 Å². The number of guanidine groups is 1. The first kappa shape index (κ1) is 20.7. The van der Waals surface area contributed by atoms with Crippen LogP contribution in [0.4, 0.5) is 0 Å². The first-order valence-electron chi connectivity index (χ1n) is 7.35. The van der Waals surface area contributed by atoms with Crippen molar-refractivity contribution in [3.63, 3.8) is 0 Å². The molecule has 0 unspecified atom stereocenters. The summed E-state index contributed by atoms with van der Waals surface area (Å²) in [5, 5.41) is 9.15. The van der Waals surface area contributed by atoms with Gasteiger partial charge in [-0.15, -0.1) is 24.0 Å². The number of carbonyl (C=O) groups excluding carboxylic acids is 1. The van der Waals surface area contributed by atoms with Crippen molar-refractivity contribution in [3.05, 3.63) is 34.9 Å². The maximum atomic E-state index is 10.8. The lowest BCUT2D eigenvalue weighted by atomic mass is 10.1. The van der Waals surface area contributed by atoms with Gasteiger partial charge in [-0.3, -0.25) is 4.79 Å². The molecule has 5 nitrogen and oxygen atoms in total. The van der Waals surface area contributed by atoms with Crippen molar-refractivity contribution in [2.75, 3.05) is 19.6 Å². The van der Waals surface area contributed by atoms with Gasteiger partial charge >= 0.3 is 0 Å². The fourth-order valence-corrected chi connectivity index (χ4v) is 1.95. The predicted molar refractivity (Wildman–Crippen MR) is 103 cm³/mol. The lowest BCUT2D eigenvalue weighted by Gasteiger charge is -2.12. The number of hydrogen-bond acceptors (Lipinski definition) is 2. The third-order valence-corrected chi connectivity index (χ3v) is 3.04. The summed E-state index contributed by atoms with van der Waals surface area (Å²) in [6.07, 6.45) is 0. The van der Waals surface area contributed by atoms with E-state index in [0.29, 0.717) is 19.6 Å². The Hall–Kier alpha value is -1.31. The van der Waals surface area contributed by atoms with Crippen LogP contribution in [0.5, 0.6) is 0 Å². The highest BCUT2D eigenvalue weighted by Crippen LogP contribution is 2.11. The monoisotopic (exact) mass is 418 g/mol. The van der Waals surface area contributed by atoms with Crippen LogP contribution in [0.1, 0.15) is 30.5 Å². The number of aliphatic imine (C=N–C) groups is 1. The molecule has 22 heavy (non-hydrogen) atoms. The van der Waals surface area contributed by atoms with Crippen molar-refractivity contribution in [1.82, 2.24) is 16.0 Å². The van der Waals surface area contributed by atoms with Gasteiger partial charge in [0.15, 0.2) is 5.96 Å². The van der Waals surface area contributed by atoms with Crippen LogP contribution in [0.2, 0.25) is 0 Å². The van der Waals surface area contributed by atoms with Gasteiger partial charge in [0.25, 0.3) is 0 Å². The van der Waals surface area contributed by atoms with E-state index in [0.717, 1.165) is 12.5 Å². The second-order valence-electron chi connectivity index (χ2n) is 5.03. The number of nitrogens with one attached hydrogen (secondary N) is 3. The molecule has 0 aliphatic rings. The lowest BCUT2D eigenvalue weighted by molar-refractivity contribution is -0.118. The Labute approximate surface area is 150 Å². The average molecular weight is 418 g/mol. The Morgan fingerprint density at radius 3 is 2.41 bits per heavy atom. The maximum Gasteiger partial charge on any atom is 0.216 e. The Bertz CT molecular complexity index is 503. The molecule has 6 heteroatoms. The summed E-state index contributed by atoms with van der Waals surface area (Å²) in [4.78, 5) is 15.4. The zero-order valence-corrected chi connectivity index (χ0v) is 16.2. The van der Waals surface area contributed by atoms with Crippen LogP contribution in [0, 0.1) is 13.8 Å². The molecular weight excluding hydrogens is 391 g/mol. The van der Waals surface area contributed by atoms with Gasteiger partial charge in [-0.25, -0.2) is 4.99 Å². The third kappa shape index (κ3) is 8.21. The van der Waals surface area contributed by atoms with E-state index < -0.39 is 0 Å². The average Bonchev–Trinajstić information content (AvgIpc) is 2.42. The molecule has 0 saturated heterocycles. The molecule has 0 radical (unpaired) electrons. The Kier molecular flexibility index (Phi) is 10.6. The summed E-state index contributed by atoms with van der Waals surface area (Å²) in [6.45, 7) is 10.4. The minimum Gasteiger partial charge on any atom is -0.357 e. The van der Waals surface area contributed by atoms with Gasteiger partial charge in [-0.05, 0) is 31.9 Å². The molecule has 1 aromatic carbocycles. The van der Waals surface area contributed by atoms with Crippen molar-refractivity contribution in [3.8, 4) is 0 Å². The number of benzene rings is 1. The molecule has 0 heterocycles. The van der Waals surface area contributed by atoms with E-state index in [4.69, 9.17) is 0 Å². The smallest absolute Gasteiger partial charge is 0.216 e. The van der Waals surface area contributed by atoms with E-state index in [-0.39, 0.29) is 29.9 Å². The van der Waals surface area contributed by atoms with Gasteiger partial charge in [0.1, 0.15) is 0 Å². The normalized spacial score (nSPS) is 10.6. The summed E-state index contributed by atoms with van der Waals surface area (Å²) < 4.78 is 0. The van der Waals surface area contributed by atoms with E-state index >= 15 is 0 Å². The molecule has 0 fully saturated rings. The molecule has 3 N–H and O–H groups in total. The minimum atomic E-state index is -0.0194. The minimum absolute atomic E-state index is 0. The van der Waals surface area contributed by atoms with Crippen molar-refractivity contribution in [1.29, 1.82) is 0 Å². The highest BCUT2D eigenvalue weighted by Gasteiger charge is 2.00. The zero-order valence-electron chi connectivity index (χ0n) is 13.8. The van der Waals surface area contributed by atoms with E-state index in [1.165, 1.54) is 23.6 Å². The van der Waals surface area contributed by atoms with Crippen molar-refractivity contribution < 1.29 is 4.79 Å². The number of hydrogen-bond donors (Lipinski definition) is 3. The van der Waals surface area contributed by atoms with Gasteiger partial charge in [0.05, 0.1) is 6.54 Å². The molecule has 1 aromatic rings. The van der Waals surface area contributed by atoms with Crippen LogP contribution >= 0.6 is 24.0 Å². The molecule has 0 spiro atoms. The molecule has 0 bridgehead atoms. The van der Waals surface area contributed by atoms with E-state index in [9.17, 15) is 4.79 Å². The van der Waals surface area contributed by atoms with E-state index in [2.05, 4.69) is 53.0 Å². The zero-order chi connectivity index (χ0) is 15.7. The molecular formula is C16H27IN4O. The summed E-state index contributed by atoms with van der Waals surface area (Å²) in [7, 11) is 0. The van der Waals surface area contributed by atoms with Crippen LogP contribution in [0.15, 0.2) is 23.2 Å². The first-order valence-corrected chi connectivity index (χ1v) is 7.35. The molecule has 0 aromatic heterocycles. The lowest BCUT2D eigenvalue weighted by Crippen LogP contribution is -2.41. The van der Waals surface area contributed by atoms with Gasteiger partial charge in [0, 0.05) is 26.6 Å². The molecule has 124 valence electrons. The summed E-state index contributed by atoms with van der Waals surface area (Å²) in [5.41, 5.74) is 3.74. The number of aryl methyl sites for hydroxylation is 2. The van der Waals surface area contributed by atoms with Crippen molar-refractivity contribution in [2.24, 2.45) is 4.99 Å². The maximum absolute atomic E-state index is 10.8. The van der Waals surface area contributed by atoms with Crippen LogP contribution in [-0.2, 0) is 11.3 Å². The second-order valence-corrected chi connectivity index (χ2v) is 5.03. The number of rotatable bonds is 6. The van der Waals surface area contributed by atoms with Gasteiger partial charge in [0.2, 0.25) is 5.91 Å². The molecule has 0 aliphatic heterocycles. The summed E-state index contributed by atoms with van der Waals surface area (Å²) in [6, 6.07) is 6.39. The molecule has 1 rings (SSSR count). The SMILES string of the molecule is CCNC(=NCc1ccc(C)cc1C)NCCNC(C)=O.I. The topological polar surface area (TPSA) is 65.5 Å². The molecule has 0 saturated carbocycles. The largest absolute Gasteiger partial charge is 0.357 e. The number of carbonyl (C=O) groups is 1.